The molecule has 0 radical (unpaired) electrons. The number of nitrogens with zero attached hydrogens (tertiary/aromatic N) is 4. The largest absolute Gasteiger partial charge is 0.497 e. The van der Waals surface area contributed by atoms with E-state index >= 15 is 0 Å². The number of hydrogen-bond donors (Lipinski definition) is 4. The third kappa shape index (κ3) is 15.5. The molecule has 10 atom stereocenters. The summed E-state index contributed by atoms with van der Waals surface area (Å²) in [6.07, 6.45) is -0.497. The van der Waals surface area contributed by atoms with Gasteiger partial charge >= 0.3 is 5.97 Å². The van der Waals surface area contributed by atoms with Crippen LogP contribution in [0.5, 0.6) is 5.75 Å². The fourth-order valence-electron chi connectivity index (χ4n) is 8.77. The third-order valence-corrected chi connectivity index (χ3v) is 14.3. The van der Waals surface area contributed by atoms with Gasteiger partial charge in [-0.3, -0.25) is 47.9 Å². The van der Waals surface area contributed by atoms with E-state index in [4.69, 9.17) is 9.47 Å². The molecule has 1 aromatic rings. The molecule has 404 valence electrons. The van der Waals surface area contributed by atoms with Crippen LogP contribution >= 0.6 is 0 Å². The molecule has 1 aliphatic rings. The Labute approximate surface area is 426 Å². The van der Waals surface area contributed by atoms with Gasteiger partial charge in [0.05, 0.1) is 32.2 Å². The van der Waals surface area contributed by atoms with Crippen molar-refractivity contribution in [2.45, 2.75) is 152 Å². The summed E-state index contributed by atoms with van der Waals surface area (Å²) in [5.41, 5.74) is -1.16. The van der Waals surface area contributed by atoms with Gasteiger partial charge in [-0.05, 0) is 76.5 Å². The summed E-state index contributed by atoms with van der Waals surface area (Å²) in [6, 6.07) is 0.0615. The average Bonchev–Trinajstić information content (AvgIpc) is 3.34. The molecule has 0 aliphatic carbocycles. The van der Waals surface area contributed by atoms with E-state index < -0.39 is 144 Å². The molecule has 10 unspecified atom stereocenters. The van der Waals surface area contributed by atoms with Crippen LogP contribution in [0.25, 0.3) is 0 Å². The number of Topliss-reactive ketones (excluding diaryl/α,β-unsaturated/α-hetero) is 1. The molecule has 72 heavy (non-hydrogen) atoms. The summed E-state index contributed by atoms with van der Waals surface area (Å²) in [7, 11) is 7.10. The predicted octanol–water partition coefficient (Wildman–Crippen LogP) is 2.35. The first-order chi connectivity index (χ1) is 33.4. The number of nitrogens with one attached hydrogen (secondary N) is 4. The minimum absolute atomic E-state index is 0.0335. The number of carbonyl (C=O) groups is 10. The van der Waals surface area contributed by atoms with E-state index in [1.165, 1.54) is 77.7 Å². The maximum atomic E-state index is 14.6. The Balaban J connectivity index is 2.75. The van der Waals surface area contributed by atoms with E-state index in [0.29, 0.717) is 24.2 Å². The third-order valence-electron chi connectivity index (χ3n) is 14.3. The summed E-state index contributed by atoms with van der Waals surface area (Å²) in [6.45, 7) is 20.2. The lowest BCUT2D eigenvalue weighted by molar-refractivity contribution is -0.164. The molecule has 2 rings (SSSR count). The Morgan fingerprint density at radius 3 is 1.65 bits per heavy atom. The smallest absolute Gasteiger partial charge is 0.311 e. The van der Waals surface area contributed by atoms with Crippen molar-refractivity contribution in [2.24, 2.45) is 35.0 Å². The molecule has 0 aromatic heterocycles. The molecule has 1 aliphatic heterocycles. The number of hydrogen-bond acceptors (Lipinski definition) is 12. The monoisotopic (exact) mass is 1010 g/mol. The predicted molar refractivity (Wildman–Crippen MR) is 271 cm³/mol. The van der Waals surface area contributed by atoms with Gasteiger partial charge in [0.1, 0.15) is 35.3 Å². The molecule has 1 heterocycles. The summed E-state index contributed by atoms with van der Waals surface area (Å²) in [4.78, 5) is 145. The van der Waals surface area contributed by atoms with Crippen molar-refractivity contribution in [1.29, 1.82) is 0 Å². The van der Waals surface area contributed by atoms with Crippen LogP contribution in [0.1, 0.15) is 108 Å². The van der Waals surface area contributed by atoms with Crippen LogP contribution in [-0.4, -0.2) is 169 Å². The summed E-state index contributed by atoms with van der Waals surface area (Å²) in [5.74, 6) is -9.13. The van der Waals surface area contributed by atoms with Crippen molar-refractivity contribution in [1.82, 2.24) is 40.9 Å². The molecule has 4 N–H and O–H groups in total. The Morgan fingerprint density at radius 1 is 0.653 bits per heavy atom. The van der Waals surface area contributed by atoms with Gasteiger partial charge in [-0.2, -0.15) is 0 Å². The minimum atomic E-state index is -1.79. The van der Waals surface area contributed by atoms with Crippen LogP contribution in [0.2, 0.25) is 0 Å². The number of cyclic esters (lactones) is 1. The van der Waals surface area contributed by atoms with Crippen molar-refractivity contribution < 1.29 is 57.4 Å². The number of likely N-dealkylation sites (N-methyl/N-ethyl adjacent to an activating group) is 4. The van der Waals surface area contributed by atoms with Gasteiger partial charge in [0.25, 0.3) is 5.91 Å². The number of amides is 8. The highest BCUT2D eigenvalue weighted by Crippen LogP contribution is 2.26. The lowest BCUT2D eigenvalue weighted by Crippen LogP contribution is -2.60. The second-order valence-corrected chi connectivity index (χ2v) is 20.6. The first-order valence-corrected chi connectivity index (χ1v) is 25.0. The lowest BCUT2D eigenvalue weighted by atomic mass is 9.82. The van der Waals surface area contributed by atoms with Gasteiger partial charge in [-0.15, -0.1) is 0 Å². The number of benzene rings is 1. The SMILES string of the molecule is CCC(C)C1OC(=O)C(C)C(C(C)C)NC(=O)C(C)N(C)C(=O)C(C)(C)C(=O)C(C)NC(=O)C(Cc2ccc(OC)cc2)N(C)C(=O)C(C(C)C)N(C)C(=O)CNC(=O)C(C(C)CC)N(C)C(=O)CNC1=O. The molecule has 8 amide bonds. The van der Waals surface area contributed by atoms with Gasteiger partial charge in [0.15, 0.2) is 11.9 Å². The molecule has 1 fully saturated rings. The average molecular weight is 1010 g/mol. The number of esters is 1. The van der Waals surface area contributed by atoms with Crippen LogP contribution in [-0.2, 0) is 59.1 Å². The molecule has 20 heteroatoms. The van der Waals surface area contributed by atoms with Crippen molar-refractivity contribution in [3.63, 3.8) is 0 Å². The fraction of sp³-hybridized carbons (Fsp3) is 0.692. The van der Waals surface area contributed by atoms with E-state index in [1.54, 1.807) is 79.7 Å². The van der Waals surface area contributed by atoms with Crippen molar-refractivity contribution in [3.8, 4) is 5.75 Å². The molecule has 0 spiro atoms. The highest BCUT2D eigenvalue weighted by Gasteiger charge is 2.45. The van der Waals surface area contributed by atoms with Gasteiger partial charge in [-0.1, -0.05) is 73.9 Å². The van der Waals surface area contributed by atoms with Crippen LogP contribution in [0.15, 0.2) is 24.3 Å². The Kier molecular flexibility index (Phi) is 23.4. The number of rotatable bonds is 9. The van der Waals surface area contributed by atoms with Gasteiger partial charge < -0.3 is 50.3 Å². The van der Waals surface area contributed by atoms with E-state index in [1.807, 2.05) is 6.92 Å². The minimum Gasteiger partial charge on any atom is -0.497 e. The van der Waals surface area contributed by atoms with Crippen LogP contribution in [0, 0.1) is 35.0 Å². The van der Waals surface area contributed by atoms with Gasteiger partial charge in [-0.25, -0.2) is 0 Å². The molecular formula is C52H84N8O12. The van der Waals surface area contributed by atoms with E-state index in [-0.39, 0.29) is 12.3 Å². The molecule has 20 nitrogen and oxygen atoms in total. The lowest BCUT2D eigenvalue weighted by Gasteiger charge is -2.37. The Hall–Kier alpha value is -6.08. The molecular weight excluding hydrogens is 929 g/mol. The second-order valence-electron chi connectivity index (χ2n) is 20.6. The van der Waals surface area contributed by atoms with Crippen LogP contribution in [0.4, 0.5) is 0 Å². The van der Waals surface area contributed by atoms with E-state index in [0.717, 1.165) is 4.90 Å². The zero-order valence-electron chi connectivity index (χ0n) is 46.0. The standard InChI is InChI=1S/C52H84N8O12/c1-19-30(7)42-47(66)53-26-38(61)59(16)41(29(5)6)49(68)58(15)37(25-35-21-23-36(71-18)24-22-35)46(65)55-33(10)44(63)52(12,13)51(70)57(14)34(11)45(64)56-40(28(3)4)32(9)50(69)72-43(31(8)20-2)48(67)54-27-39(62)60(42)17/h21-24,28-34,37,40-43H,19-20,25-27H2,1-18H3,(H,53,66)(H,54,67)(H,55,65)(H,56,64). The number of ketones is 1. The Bertz CT molecular complexity index is 2110. The van der Waals surface area contributed by atoms with Crippen molar-refractivity contribution in [3.05, 3.63) is 29.8 Å². The highest BCUT2D eigenvalue weighted by atomic mass is 16.5. The molecule has 1 saturated heterocycles. The van der Waals surface area contributed by atoms with Crippen LogP contribution in [0.3, 0.4) is 0 Å². The van der Waals surface area contributed by atoms with Crippen molar-refractivity contribution >= 4 is 59.0 Å². The first-order valence-electron chi connectivity index (χ1n) is 25.0. The zero-order valence-corrected chi connectivity index (χ0v) is 46.0. The maximum Gasteiger partial charge on any atom is 0.311 e. The zero-order chi connectivity index (χ0) is 55.3. The quantitative estimate of drug-likeness (QED) is 0.206. The highest BCUT2D eigenvalue weighted by molar-refractivity contribution is 6.09. The fourth-order valence-corrected chi connectivity index (χ4v) is 8.77. The molecule has 0 bridgehead atoms. The Morgan fingerprint density at radius 2 is 1.17 bits per heavy atom. The topological polar surface area (TPSA) is 250 Å². The molecule has 0 saturated carbocycles. The van der Waals surface area contributed by atoms with E-state index in [9.17, 15) is 47.9 Å². The van der Waals surface area contributed by atoms with E-state index in [2.05, 4.69) is 21.3 Å². The summed E-state index contributed by atoms with van der Waals surface area (Å²) < 4.78 is 11.1. The summed E-state index contributed by atoms with van der Waals surface area (Å²) >= 11 is 0. The maximum absolute atomic E-state index is 14.6. The first kappa shape index (κ1) is 62.0. The number of ether oxygens (including phenoxy) is 2. The second kappa shape index (κ2) is 27.1. The normalized spacial score (nSPS) is 26.9. The molecule has 1 aromatic carbocycles. The van der Waals surface area contributed by atoms with Gasteiger partial charge in [0, 0.05) is 46.6 Å². The van der Waals surface area contributed by atoms with Gasteiger partial charge in [0.2, 0.25) is 41.4 Å². The number of methoxy groups -OCH3 is 1. The van der Waals surface area contributed by atoms with Crippen molar-refractivity contribution in [2.75, 3.05) is 48.4 Å². The summed E-state index contributed by atoms with van der Waals surface area (Å²) in [5, 5.41) is 10.8. The number of carbonyl (C=O) groups excluding carboxylic acids is 10. The van der Waals surface area contributed by atoms with Crippen LogP contribution < -0.4 is 26.0 Å².